The van der Waals surface area contributed by atoms with Crippen molar-refractivity contribution in [2.24, 2.45) is 0 Å². The van der Waals surface area contributed by atoms with E-state index in [4.69, 9.17) is 4.74 Å². The van der Waals surface area contributed by atoms with E-state index in [0.29, 0.717) is 12.2 Å². The first-order chi connectivity index (χ1) is 13.2. The van der Waals surface area contributed by atoms with Crippen LogP contribution in [0, 0.1) is 0 Å². The molecule has 0 aliphatic heterocycles. The molecule has 4 rings (SSSR count). The number of nitrogens with one attached hydrogen (secondary N) is 1. The van der Waals surface area contributed by atoms with Crippen LogP contribution in [0.3, 0.4) is 0 Å². The molecule has 27 heavy (non-hydrogen) atoms. The molecule has 134 valence electrons. The molecular formula is C21H18N4O2. The van der Waals surface area contributed by atoms with Crippen molar-refractivity contribution in [1.29, 1.82) is 0 Å². The lowest BCUT2D eigenvalue weighted by Crippen LogP contribution is -2.14. The van der Waals surface area contributed by atoms with Crippen molar-refractivity contribution in [2.45, 2.75) is 6.42 Å². The maximum atomic E-state index is 12.4. The first-order valence-corrected chi connectivity index (χ1v) is 8.54. The average molecular weight is 358 g/mol. The van der Waals surface area contributed by atoms with Crippen molar-refractivity contribution < 1.29 is 9.53 Å². The number of hydrogen-bond acceptors (Lipinski definition) is 4. The number of hydrogen-bond donors (Lipinski definition) is 1. The van der Waals surface area contributed by atoms with Crippen LogP contribution in [0.4, 0.5) is 5.69 Å². The topological polar surface area (TPSA) is 68.5 Å². The molecule has 0 saturated heterocycles. The normalized spacial score (nSPS) is 10.7. The second-order valence-electron chi connectivity index (χ2n) is 6.11. The van der Waals surface area contributed by atoms with Gasteiger partial charge in [-0.2, -0.15) is 0 Å². The molecule has 0 atom stereocenters. The van der Waals surface area contributed by atoms with E-state index in [9.17, 15) is 4.79 Å². The van der Waals surface area contributed by atoms with E-state index in [1.165, 1.54) is 0 Å². The highest BCUT2D eigenvalue weighted by Crippen LogP contribution is 2.22. The maximum Gasteiger partial charge on any atom is 0.234 e. The van der Waals surface area contributed by atoms with Crippen LogP contribution in [-0.2, 0) is 11.2 Å². The Labute approximate surface area is 156 Å². The molecule has 2 heterocycles. The predicted molar refractivity (Wildman–Crippen MR) is 104 cm³/mol. The Morgan fingerprint density at radius 2 is 2.00 bits per heavy atom. The summed E-state index contributed by atoms with van der Waals surface area (Å²) in [6, 6.07) is 17.0. The Morgan fingerprint density at radius 3 is 2.78 bits per heavy atom. The summed E-state index contributed by atoms with van der Waals surface area (Å²) in [5, 5.41) is 2.94. The van der Waals surface area contributed by atoms with Gasteiger partial charge in [0.2, 0.25) is 11.7 Å². The number of fused-ring (bicyclic) bond motifs is 1. The Bertz CT molecular complexity index is 1050. The van der Waals surface area contributed by atoms with Gasteiger partial charge < -0.3 is 10.1 Å². The minimum Gasteiger partial charge on any atom is -0.497 e. The molecule has 4 aromatic rings. The van der Waals surface area contributed by atoms with Crippen LogP contribution in [0.15, 0.2) is 73.2 Å². The highest BCUT2D eigenvalue weighted by Gasteiger charge is 2.08. The highest BCUT2D eigenvalue weighted by atomic mass is 16.5. The van der Waals surface area contributed by atoms with E-state index >= 15 is 0 Å². The lowest BCUT2D eigenvalue weighted by molar-refractivity contribution is -0.115. The van der Waals surface area contributed by atoms with Gasteiger partial charge in [0.05, 0.1) is 19.2 Å². The average Bonchev–Trinajstić information content (AvgIpc) is 3.13. The summed E-state index contributed by atoms with van der Waals surface area (Å²) in [5.41, 5.74) is 3.38. The number of amides is 1. The largest absolute Gasteiger partial charge is 0.497 e. The minimum atomic E-state index is -0.0750. The van der Waals surface area contributed by atoms with E-state index in [2.05, 4.69) is 15.3 Å². The zero-order valence-electron chi connectivity index (χ0n) is 14.8. The summed E-state index contributed by atoms with van der Waals surface area (Å²) < 4.78 is 7.00. The summed E-state index contributed by atoms with van der Waals surface area (Å²) in [5.74, 6) is 1.34. The zero-order valence-corrected chi connectivity index (χ0v) is 14.8. The van der Waals surface area contributed by atoms with E-state index in [-0.39, 0.29) is 5.91 Å². The second kappa shape index (κ2) is 7.29. The molecule has 0 aliphatic carbocycles. The van der Waals surface area contributed by atoms with Crippen LogP contribution in [0.5, 0.6) is 5.75 Å². The summed E-state index contributed by atoms with van der Waals surface area (Å²) in [4.78, 5) is 21.1. The smallest absolute Gasteiger partial charge is 0.234 e. The van der Waals surface area contributed by atoms with Crippen molar-refractivity contribution in [3.8, 4) is 17.0 Å². The van der Waals surface area contributed by atoms with Crippen molar-refractivity contribution in [3.63, 3.8) is 0 Å². The molecular weight excluding hydrogens is 340 g/mol. The molecule has 0 fully saturated rings. The third-order valence-corrected chi connectivity index (χ3v) is 4.20. The third-order valence-electron chi connectivity index (χ3n) is 4.20. The second-order valence-corrected chi connectivity index (χ2v) is 6.11. The molecule has 1 N–H and O–H groups in total. The van der Waals surface area contributed by atoms with Crippen LogP contribution < -0.4 is 10.1 Å². The van der Waals surface area contributed by atoms with E-state index in [0.717, 1.165) is 28.3 Å². The SMILES string of the molecule is COc1ccc(CC(=O)Nc2cccc(-c3cn4cccnc4n3)c2)cc1. The Morgan fingerprint density at radius 1 is 1.15 bits per heavy atom. The number of ether oxygens (including phenoxy) is 1. The summed E-state index contributed by atoms with van der Waals surface area (Å²) in [6.45, 7) is 0. The standard InChI is InChI=1S/C21H18N4O2/c1-27-18-8-6-15(7-9-18)12-20(26)23-17-5-2-4-16(13-17)19-14-25-11-3-10-22-21(25)24-19/h2-11,13-14H,12H2,1H3,(H,23,26). The van der Waals surface area contributed by atoms with Crippen LogP contribution in [0.1, 0.15) is 5.56 Å². The number of carbonyl (C=O) groups is 1. The number of benzene rings is 2. The molecule has 1 amide bonds. The fraction of sp³-hybridized carbons (Fsp3) is 0.0952. The molecule has 0 aliphatic rings. The first-order valence-electron chi connectivity index (χ1n) is 8.54. The first kappa shape index (κ1) is 16.8. The quantitative estimate of drug-likeness (QED) is 0.592. The molecule has 6 nitrogen and oxygen atoms in total. The maximum absolute atomic E-state index is 12.4. The van der Waals surface area contributed by atoms with Gasteiger partial charge in [-0.05, 0) is 35.9 Å². The van der Waals surface area contributed by atoms with Gasteiger partial charge >= 0.3 is 0 Å². The fourth-order valence-electron chi connectivity index (χ4n) is 2.86. The molecule has 6 heteroatoms. The van der Waals surface area contributed by atoms with Gasteiger partial charge in [-0.3, -0.25) is 9.20 Å². The monoisotopic (exact) mass is 358 g/mol. The van der Waals surface area contributed by atoms with Crippen LogP contribution in [0.2, 0.25) is 0 Å². The van der Waals surface area contributed by atoms with Gasteiger partial charge in [-0.1, -0.05) is 24.3 Å². The Kier molecular flexibility index (Phi) is 4.53. The summed E-state index contributed by atoms with van der Waals surface area (Å²) in [6.07, 6.45) is 5.83. The van der Waals surface area contributed by atoms with E-state index in [1.54, 1.807) is 13.3 Å². The molecule has 2 aromatic carbocycles. The van der Waals surface area contributed by atoms with Crippen LogP contribution in [0.25, 0.3) is 17.0 Å². The number of methoxy groups -OCH3 is 1. The van der Waals surface area contributed by atoms with Crippen LogP contribution in [-0.4, -0.2) is 27.4 Å². The molecule has 0 saturated carbocycles. The van der Waals surface area contributed by atoms with Gasteiger partial charge in [0.1, 0.15) is 5.75 Å². The van der Waals surface area contributed by atoms with Gasteiger partial charge in [-0.25, -0.2) is 9.97 Å². The van der Waals surface area contributed by atoms with E-state index < -0.39 is 0 Å². The molecule has 2 aromatic heterocycles. The Hall–Kier alpha value is -3.67. The van der Waals surface area contributed by atoms with E-state index in [1.807, 2.05) is 71.4 Å². The number of rotatable bonds is 5. The number of imidazole rings is 1. The lowest BCUT2D eigenvalue weighted by Gasteiger charge is -2.07. The lowest BCUT2D eigenvalue weighted by atomic mass is 10.1. The number of aromatic nitrogens is 3. The van der Waals surface area contributed by atoms with Crippen LogP contribution >= 0.6 is 0 Å². The highest BCUT2D eigenvalue weighted by molar-refractivity contribution is 5.92. The Balaban J connectivity index is 1.49. The number of carbonyl (C=O) groups excluding carboxylic acids is 1. The van der Waals surface area contributed by atoms with Gasteiger partial charge in [0.25, 0.3) is 0 Å². The summed E-state index contributed by atoms with van der Waals surface area (Å²) in [7, 11) is 1.62. The third kappa shape index (κ3) is 3.79. The minimum absolute atomic E-state index is 0.0750. The molecule has 0 radical (unpaired) electrons. The molecule has 0 unspecified atom stereocenters. The predicted octanol–water partition coefficient (Wildman–Crippen LogP) is 3.59. The van der Waals surface area contributed by atoms with Gasteiger partial charge in [0, 0.05) is 29.8 Å². The molecule has 0 spiro atoms. The molecule has 0 bridgehead atoms. The zero-order chi connectivity index (χ0) is 18.6. The van der Waals surface area contributed by atoms with Gasteiger partial charge in [-0.15, -0.1) is 0 Å². The summed E-state index contributed by atoms with van der Waals surface area (Å²) >= 11 is 0. The number of nitrogens with zero attached hydrogens (tertiary/aromatic N) is 3. The van der Waals surface area contributed by atoms with Gasteiger partial charge in [0.15, 0.2) is 0 Å². The van der Waals surface area contributed by atoms with Crippen molar-refractivity contribution in [2.75, 3.05) is 12.4 Å². The number of anilines is 1. The van der Waals surface area contributed by atoms with Crippen molar-refractivity contribution >= 4 is 17.4 Å². The van der Waals surface area contributed by atoms with Crippen molar-refractivity contribution in [3.05, 3.63) is 78.8 Å². The van der Waals surface area contributed by atoms with Crippen molar-refractivity contribution in [1.82, 2.24) is 14.4 Å². The fourth-order valence-corrected chi connectivity index (χ4v) is 2.86.